The van der Waals surface area contributed by atoms with Crippen LogP contribution in [-0.2, 0) is 19.4 Å². The summed E-state index contributed by atoms with van der Waals surface area (Å²) in [6.45, 7) is -0.501. The molecular formula is C15H14N2O5S. The number of amides is 1. The number of sulfone groups is 1. The molecule has 0 aliphatic heterocycles. The maximum absolute atomic E-state index is 11.8. The van der Waals surface area contributed by atoms with Crippen molar-refractivity contribution in [2.75, 3.05) is 18.2 Å². The number of carbonyl (C=O) groups is 2. The zero-order chi connectivity index (χ0) is 16.9. The van der Waals surface area contributed by atoms with E-state index in [1.165, 1.54) is 36.5 Å². The summed E-state index contributed by atoms with van der Waals surface area (Å²) in [5, 5.41) is 2.46. The lowest BCUT2D eigenvalue weighted by Crippen LogP contribution is -2.21. The Bertz CT molecular complexity index is 819. The van der Waals surface area contributed by atoms with Gasteiger partial charge in [0.25, 0.3) is 5.91 Å². The van der Waals surface area contributed by atoms with Crippen molar-refractivity contribution in [3.63, 3.8) is 0 Å². The molecule has 0 radical (unpaired) electrons. The molecule has 8 heteroatoms. The van der Waals surface area contributed by atoms with Gasteiger partial charge in [0, 0.05) is 18.1 Å². The van der Waals surface area contributed by atoms with Crippen LogP contribution in [0.3, 0.4) is 0 Å². The molecule has 7 nitrogen and oxygen atoms in total. The first-order valence-corrected chi connectivity index (χ1v) is 8.43. The van der Waals surface area contributed by atoms with Crippen LogP contribution < -0.4 is 5.32 Å². The molecule has 2 rings (SSSR count). The maximum Gasteiger partial charge on any atom is 0.357 e. The number of ether oxygens (including phenoxy) is 1. The second-order valence-corrected chi connectivity index (χ2v) is 6.66. The molecule has 0 bridgehead atoms. The molecule has 1 amide bonds. The number of rotatable bonds is 5. The lowest BCUT2D eigenvalue weighted by atomic mass is 10.3. The maximum atomic E-state index is 11.8. The number of hydrogen-bond acceptors (Lipinski definition) is 6. The molecule has 1 aromatic carbocycles. The van der Waals surface area contributed by atoms with E-state index in [1.807, 2.05) is 0 Å². The second-order valence-electron chi connectivity index (χ2n) is 4.64. The molecule has 0 unspecified atom stereocenters. The van der Waals surface area contributed by atoms with Crippen LogP contribution in [0.4, 0.5) is 5.69 Å². The Morgan fingerprint density at radius 3 is 2.61 bits per heavy atom. The minimum absolute atomic E-state index is 0.0841. The minimum Gasteiger partial charge on any atom is -0.451 e. The largest absolute Gasteiger partial charge is 0.451 e. The predicted octanol–water partition coefficient (Wildman–Crippen LogP) is 1.28. The minimum atomic E-state index is -3.37. The van der Waals surface area contributed by atoms with Crippen LogP contribution in [0.1, 0.15) is 10.5 Å². The van der Waals surface area contributed by atoms with Crippen molar-refractivity contribution in [1.29, 1.82) is 0 Å². The highest BCUT2D eigenvalue weighted by Gasteiger charge is 2.12. The van der Waals surface area contributed by atoms with E-state index in [0.29, 0.717) is 5.69 Å². The quantitative estimate of drug-likeness (QED) is 0.826. The monoisotopic (exact) mass is 334 g/mol. The molecule has 120 valence electrons. The molecule has 0 atom stereocenters. The summed E-state index contributed by atoms with van der Waals surface area (Å²) >= 11 is 0. The highest BCUT2D eigenvalue weighted by molar-refractivity contribution is 7.90. The molecule has 2 aromatic rings. The van der Waals surface area contributed by atoms with Crippen molar-refractivity contribution in [1.82, 2.24) is 4.98 Å². The Kier molecular flexibility index (Phi) is 5.07. The van der Waals surface area contributed by atoms with Crippen molar-refractivity contribution in [2.24, 2.45) is 0 Å². The van der Waals surface area contributed by atoms with E-state index in [-0.39, 0.29) is 10.6 Å². The average molecular weight is 334 g/mol. The summed E-state index contributed by atoms with van der Waals surface area (Å²) in [6, 6.07) is 10.5. The summed E-state index contributed by atoms with van der Waals surface area (Å²) in [6.07, 6.45) is 2.51. The summed E-state index contributed by atoms with van der Waals surface area (Å²) < 4.78 is 27.7. The molecule has 1 heterocycles. The summed E-state index contributed by atoms with van der Waals surface area (Å²) in [5.41, 5.74) is 0.395. The fraction of sp³-hybridized carbons (Fsp3) is 0.133. The molecule has 0 saturated heterocycles. The van der Waals surface area contributed by atoms with Crippen LogP contribution in [0, 0.1) is 0 Å². The lowest BCUT2D eigenvalue weighted by Gasteiger charge is -2.07. The Labute approximate surface area is 133 Å². The molecule has 0 aliphatic carbocycles. The van der Waals surface area contributed by atoms with Crippen LogP contribution >= 0.6 is 0 Å². The van der Waals surface area contributed by atoms with Gasteiger partial charge in [-0.3, -0.25) is 4.79 Å². The average Bonchev–Trinajstić information content (AvgIpc) is 2.53. The molecular weight excluding hydrogens is 320 g/mol. The highest BCUT2D eigenvalue weighted by Crippen LogP contribution is 2.15. The normalized spacial score (nSPS) is 10.8. The van der Waals surface area contributed by atoms with Crippen LogP contribution in [0.25, 0.3) is 0 Å². The number of pyridine rings is 1. The van der Waals surface area contributed by atoms with E-state index in [9.17, 15) is 18.0 Å². The van der Waals surface area contributed by atoms with Crippen molar-refractivity contribution < 1.29 is 22.7 Å². The van der Waals surface area contributed by atoms with Crippen LogP contribution in [-0.4, -0.2) is 38.1 Å². The number of benzene rings is 1. The van der Waals surface area contributed by atoms with Crippen molar-refractivity contribution in [2.45, 2.75) is 4.90 Å². The van der Waals surface area contributed by atoms with Gasteiger partial charge >= 0.3 is 5.97 Å². The number of aromatic nitrogens is 1. The van der Waals surface area contributed by atoms with Crippen molar-refractivity contribution in [3.05, 3.63) is 54.4 Å². The van der Waals surface area contributed by atoms with Crippen LogP contribution in [0.15, 0.2) is 53.6 Å². The first-order valence-electron chi connectivity index (χ1n) is 6.54. The first-order chi connectivity index (χ1) is 10.9. The SMILES string of the molecule is CS(=O)(=O)c1cccc(NC(=O)COC(=O)c2ccccn2)c1. The zero-order valence-corrected chi connectivity index (χ0v) is 13.0. The van der Waals surface area contributed by atoms with E-state index in [1.54, 1.807) is 12.1 Å². The first kappa shape index (κ1) is 16.6. The van der Waals surface area contributed by atoms with Crippen molar-refractivity contribution in [3.8, 4) is 0 Å². The fourth-order valence-corrected chi connectivity index (χ4v) is 2.36. The fourth-order valence-electron chi connectivity index (χ4n) is 1.69. The van der Waals surface area contributed by atoms with Gasteiger partial charge in [-0.05, 0) is 30.3 Å². The third kappa shape index (κ3) is 4.89. The Balaban J connectivity index is 1.94. The molecule has 1 aromatic heterocycles. The molecule has 23 heavy (non-hydrogen) atoms. The third-order valence-corrected chi connectivity index (χ3v) is 3.86. The van der Waals surface area contributed by atoms with Gasteiger partial charge in [-0.1, -0.05) is 12.1 Å². The highest BCUT2D eigenvalue weighted by atomic mass is 32.2. The van der Waals surface area contributed by atoms with Gasteiger partial charge in [-0.2, -0.15) is 0 Å². The number of anilines is 1. The van der Waals surface area contributed by atoms with Gasteiger partial charge < -0.3 is 10.1 Å². The van der Waals surface area contributed by atoms with E-state index < -0.39 is 28.3 Å². The number of carbonyl (C=O) groups excluding carboxylic acids is 2. The van der Waals surface area contributed by atoms with Crippen LogP contribution in [0.2, 0.25) is 0 Å². The van der Waals surface area contributed by atoms with E-state index in [4.69, 9.17) is 4.74 Å². The molecule has 0 aliphatic rings. The standard InChI is InChI=1S/C15H14N2O5S/c1-23(20,21)12-6-4-5-11(9-12)17-14(18)10-22-15(19)13-7-2-3-8-16-13/h2-9H,10H2,1H3,(H,17,18). The lowest BCUT2D eigenvalue weighted by molar-refractivity contribution is -0.119. The molecule has 0 fully saturated rings. The van der Waals surface area contributed by atoms with Crippen LogP contribution in [0.5, 0.6) is 0 Å². The van der Waals surface area contributed by atoms with E-state index >= 15 is 0 Å². The Hall–Kier alpha value is -2.74. The summed E-state index contributed by atoms with van der Waals surface area (Å²) in [4.78, 5) is 27.3. The summed E-state index contributed by atoms with van der Waals surface area (Å²) in [7, 11) is -3.37. The van der Waals surface area contributed by atoms with E-state index in [0.717, 1.165) is 6.26 Å². The molecule has 0 spiro atoms. The number of esters is 1. The summed E-state index contributed by atoms with van der Waals surface area (Å²) in [5.74, 6) is -1.30. The number of nitrogens with one attached hydrogen (secondary N) is 1. The van der Waals surface area contributed by atoms with Gasteiger partial charge in [0.05, 0.1) is 4.90 Å². The Morgan fingerprint density at radius 2 is 1.96 bits per heavy atom. The number of hydrogen-bond donors (Lipinski definition) is 1. The van der Waals surface area contributed by atoms with Gasteiger partial charge in [-0.25, -0.2) is 18.2 Å². The predicted molar refractivity (Wildman–Crippen MR) is 82.7 cm³/mol. The van der Waals surface area contributed by atoms with Gasteiger partial charge in [0.1, 0.15) is 5.69 Å². The van der Waals surface area contributed by atoms with Crippen molar-refractivity contribution >= 4 is 27.4 Å². The smallest absolute Gasteiger partial charge is 0.357 e. The van der Waals surface area contributed by atoms with Gasteiger partial charge in [0.15, 0.2) is 16.4 Å². The second kappa shape index (κ2) is 7.01. The van der Waals surface area contributed by atoms with Gasteiger partial charge in [0.2, 0.25) is 0 Å². The third-order valence-electron chi connectivity index (χ3n) is 2.75. The topological polar surface area (TPSA) is 102 Å². The number of nitrogens with zero attached hydrogens (tertiary/aromatic N) is 1. The molecule has 0 saturated carbocycles. The Morgan fingerprint density at radius 1 is 1.17 bits per heavy atom. The van der Waals surface area contributed by atoms with E-state index in [2.05, 4.69) is 10.3 Å². The molecule has 1 N–H and O–H groups in total. The zero-order valence-electron chi connectivity index (χ0n) is 12.2. The van der Waals surface area contributed by atoms with Gasteiger partial charge in [-0.15, -0.1) is 0 Å².